The second-order valence-electron chi connectivity index (χ2n) is 5.65. The first-order valence-corrected chi connectivity index (χ1v) is 8.23. The van der Waals surface area contributed by atoms with E-state index in [0.29, 0.717) is 0 Å². The number of benzene rings is 2. The fraction of sp³-hybridized carbons (Fsp3) is 0.278. The minimum Gasteiger partial charge on any atom is -0.330 e. The molecule has 3 nitrogen and oxygen atoms in total. The molecule has 0 radical (unpaired) electrons. The van der Waals surface area contributed by atoms with Gasteiger partial charge < -0.3 is 10.6 Å². The van der Waals surface area contributed by atoms with E-state index in [4.69, 9.17) is 0 Å². The Hall–Kier alpha value is -1.65. The summed E-state index contributed by atoms with van der Waals surface area (Å²) in [5, 5.41) is 5.03. The van der Waals surface area contributed by atoms with Gasteiger partial charge in [0.15, 0.2) is 6.04 Å². The molecule has 4 heteroatoms. The van der Waals surface area contributed by atoms with Crippen molar-refractivity contribution in [2.24, 2.45) is 0 Å². The molecule has 3 N–H and O–H groups in total. The summed E-state index contributed by atoms with van der Waals surface area (Å²) >= 11 is 3.56. The molecule has 0 saturated carbocycles. The van der Waals surface area contributed by atoms with Crippen LogP contribution in [0.25, 0.3) is 0 Å². The fourth-order valence-corrected chi connectivity index (χ4v) is 3.01. The molecule has 2 atom stereocenters. The van der Waals surface area contributed by atoms with E-state index >= 15 is 0 Å². The fourth-order valence-electron chi connectivity index (χ4n) is 2.36. The summed E-state index contributed by atoms with van der Waals surface area (Å²) in [6.45, 7) is 6.06. The normalized spacial score (nSPS) is 13.5. The molecule has 2 rings (SSSR count). The summed E-state index contributed by atoms with van der Waals surface area (Å²) in [7, 11) is 0. The van der Waals surface area contributed by atoms with Gasteiger partial charge >= 0.3 is 0 Å². The molecule has 0 unspecified atom stereocenters. The molecule has 2 aromatic carbocycles. The van der Waals surface area contributed by atoms with E-state index in [0.717, 1.165) is 10.2 Å². The van der Waals surface area contributed by atoms with Crippen LogP contribution in [0.15, 0.2) is 53.0 Å². The zero-order valence-electron chi connectivity index (χ0n) is 13.1. The highest BCUT2D eigenvalue weighted by Gasteiger charge is 2.21. The van der Waals surface area contributed by atoms with Crippen LogP contribution in [0.4, 0.5) is 5.69 Å². The molecular formula is C18H22BrN2O+. The SMILES string of the molecule is Cc1ccc(NC(=O)[C@@H](C)[NH2+][C@@H](C)c2ccccc2Br)cc1. The van der Waals surface area contributed by atoms with Gasteiger partial charge in [0.2, 0.25) is 0 Å². The second-order valence-corrected chi connectivity index (χ2v) is 6.50. The van der Waals surface area contributed by atoms with E-state index < -0.39 is 0 Å². The highest BCUT2D eigenvalue weighted by molar-refractivity contribution is 9.10. The van der Waals surface area contributed by atoms with E-state index in [2.05, 4.69) is 39.6 Å². The molecule has 0 bridgehead atoms. The number of nitrogens with two attached hydrogens (primary N) is 1. The van der Waals surface area contributed by atoms with Crippen molar-refractivity contribution in [2.45, 2.75) is 32.9 Å². The van der Waals surface area contributed by atoms with E-state index in [1.54, 1.807) is 0 Å². The monoisotopic (exact) mass is 361 g/mol. The van der Waals surface area contributed by atoms with Crippen LogP contribution in [0, 0.1) is 6.92 Å². The maximum atomic E-state index is 12.3. The number of halogens is 1. The lowest BCUT2D eigenvalue weighted by atomic mass is 10.1. The van der Waals surface area contributed by atoms with Crippen molar-refractivity contribution in [3.63, 3.8) is 0 Å². The van der Waals surface area contributed by atoms with E-state index in [1.165, 1.54) is 11.1 Å². The Bertz CT molecular complexity index is 640. The number of hydrogen-bond donors (Lipinski definition) is 2. The van der Waals surface area contributed by atoms with Crippen molar-refractivity contribution in [2.75, 3.05) is 5.32 Å². The van der Waals surface area contributed by atoms with Crippen molar-refractivity contribution in [3.8, 4) is 0 Å². The van der Waals surface area contributed by atoms with Crippen LogP contribution in [0.1, 0.15) is 31.0 Å². The molecule has 0 spiro atoms. The zero-order chi connectivity index (χ0) is 16.1. The first-order chi connectivity index (χ1) is 10.5. The average Bonchev–Trinajstić information content (AvgIpc) is 2.49. The van der Waals surface area contributed by atoms with Gasteiger partial charge in [0.1, 0.15) is 6.04 Å². The number of hydrogen-bond acceptors (Lipinski definition) is 1. The quantitative estimate of drug-likeness (QED) is 0.841. The van der Waals surface area contributed by atoms with Gasteiger partial charge in [0.25, 0.3) is 5.91 Å². The minimum absolute atomic E-state index is 0.0164. The van der Waals surface area contributed by atoms with Gasteiger partial charge in [-0.25, -0.2) is 0 Å². The first kappa shape index (κ1) is 16.7. The molecule has 0 aromatic heterocycles. The topological polar surface area (TPSA) is 45.7 Å². The van der Waals surface area contributed by atoms with Crippen molar-refractivity contribution in [1.82, 2.24) is 0 Å². The molecule has 0 aliphatic heterocycles. The Morgan fingerprint density at radius 1 is 1.09 bits per heavy atom. The second kappa shape index (κ2) is 7.56. The third kappa shape index (κ3) is 4.42. The molecule has 0 fully saturated rings. The van der Waals surface area contributed by atoms with Gasteiger partial charge in [-0.2, -0.15) is 0 Å². The summed E-state index contributed by atoms with van der Waals surface area (Å²) < 4.78 is 1.07. The van der Waals surface area contributed by atoms with Gasteiger partial charge in [-0.15, -0.1) is 0 Å². The smallest absolute Gasteiger partial charge is 0.282 e. The highest BCUT2D eigenvalue weighted by Crippen LogP contribution is 2.20. The number of amides is 1. The van der Waals surface area contributed by atoms with Crippen molar-refractivity contribution in [3.05, 3.63) is 64.1 Å². The first-order valence-electron chi connectivity index (χ1n) is 7.44. The molecule has 116 valence electrons. The number of anilines is 1. The van der Waals surface area contributed by atoms with Crippen LogP contribution >= 0.6 is 15.9 Å². The lowest BCUT2D eigenvalue weighted by molar-refractivity contribution is -0.709. The van der Waals surface area contributed by atoms with Gasteiger partial charge in [0, 0.05) is 15.7 Å². The van der Waals surface area contributed by atoms with Crippen LogP contribution in [0.3, 0.4) is 0 Å². The predicted octanol–water partition coefficient (Wildman–Crippen LogP) is 3.41. The third-order valence-electron chi connectivity index (χ3n) is 3.71. The van der Waals surface area contributed by atoms with Gasteiger partial charge in [-0.05, 0) is 39.0 Å². The molecule has 0 heterocycles. The summed E-state index contributed by atoms with van der Waals surface area (Å²) in [6, 6.07) is 16.0. The molecule has 0 aliphatic rings. The Balaban J connectivity index is 1.96. The number of nitrogens with one attached hydrogen (secondary N) is 1. The standard InChI is InChI=1S/C18H21BrN2O/c1-12-8-10-15(11-9-12)21-18(22)14(3)20-13(2)16-6-4-5-7-17(16)19/h4-11,13-14,20H,1-3H3,(H,21,22)/p+1/t13-,14+/m0/s1. The lowest BCUT2D eigenvalue weighted by Gasteiger charge is -2.18. The summed E-state index contributed by atoms with van der Waals surface area (Å²) in [5.74, 6) is 0.0164. The molecule has 0 aliphatic carbocycles. The molecular weight excluding hydrogens is 340 g/mol. The Labute approximate surface area is 140 Å². The van der Waals surface area contributed by atoms with Crippen molar-refractivity contribution >= 4 is 27.5 Å². The summed E-state index contributed by atoms with van der Waals surface area (Å²) in [4.78, 5) is 12.3. The van der Waals surface area contributed by atoms with Crippen LogP contribution in [0.5, 0.6) is 0 Å². The molecule has 2 aromatic rings. The average molecular weight is 362 g/mol. The predicted molar refractivity (Wildman–Crippen MR) is 93.8 cm³/mol. The Kier molecular flexibility index (Phi) is 5.75. The van der Waals surface area contributed by atoms with E-state index in [9.17, 15) is 4.79 Å². The number of quaternary nitrogens is 1. The van der Waals surface area contributed by atoms with Crippen LogP contribution in [-0.2, 0) is 4.79 Å². The zero-order valence-corrected chi connectivity index (χ0v) is 14.7. The van der Waals surface area contributed by atoms with E-state index in [-0.39, 0.29) is 18.0 Å². The van der Waals surface area contributed by atoms with Crippen molar-refractivity contribution in [1.29, 1.82) is 0 Å². The van der Waals surface area contributed by atoms with Crippen LogP contribution in [-0.4, -0.2) is 11.9 Å². The Morgan fingerprint density at radius 3 is 2.36 bits per heavy atom. The summed E-state index contributed by atoms with van der Waals surface area (Å²) in [5.41, 5.74) is 3.21. The van der Waals surface area contributed by atoms with E-state index in [1.807, 2.05) is 56.3 Å². The molecule has 22 heavy (non-hydrogen) atoms. The van der Waals surface area contributed by atoms with Gasteiger partial charge in [-0.3, -0.25) is 4.79 Å². The largest absolute Gasteiger partial charge is 0.330 e. The van der Waals surface area contributed by atoms with Crippen LogP contribution in [0.2, 0.25) is 0 Å². The number of carbonyl (C=O) groups excluding carboxylic acids is 1. The minimum atomic E-state index is -0.164. The number of rotatable bonds is 5. The lowest BCUT2D eigenvalue weighted by Crippen LogP contribution is -2.91. The highest BCUT2D eigenvalue weighted by atomic mass is 79.9. The summed E-state index contributed by atoms with van der Waals surface area (Å²) in [6.07, 6.45) is 0. The molecule has 0 saturated heterocycles. The van der Waals surface area contributed by atoms with Gasteiger partial charge in [-0.1, -0.05) is 51.8 Å². The molecule has 1 amide bonds. The van der Waals surface area contributed by atoms with Crippen LogP contribution < -0.4 is 10.6 Å². The maximum Gasteiger partial charge on any atom is 0.282 e. The number of carbonyl (C=O) groups is 1. The van der Waals surface area contributed by atoms with Gasteiger partial charge in [0.05, 0.1) is 0 Å². The van der Waals surface area contributed by atoms with Crippen molar-refractivity contribution < 1.29 is 10.1 Å². The number of aryl methyl sites for hydroxylation is 1. The maximum absolute atomic E-state index is 12.3. The third-order valence-corrected chi connectivity index (χ3v) is 4.43. The Morgan fingerprint density at radius 2 is 1.73 bits per heavy atom.